The van der Waals surface area contributed by atoms with Crippen LogP contribution >= 0.6 is 11.8 Å². The van der Waals surface area contributed by atoms with Crippen LogP contribution in [0.4, 0.5) is 0 Å². The van der Waals surface area contributed by atoms with E-state index in [1.807, 2.05) is 0 Å². The minimum absolute atomic E-state index is 0.764. The van der Waals surface area contributed by atoms with Crippen molar-refractivity contribution in [3.8, 4) is 0 Å². The summed E-state index contributed by atoms with van der Waals surface area (Å²) in [5, 5.41) is 7.23. The maximum absolute atomic E-state index is 3.66. The van der Waals surface area contributed by atoms with Gasteiger partial charge in [-0.2, -0.15) is 11.8 Å². The summed E-state index contributed by atoms with van der Waals surface area (Å²) in [4.78, 5) is 0. The zero-order valence-corrected chi connectivity index (χ0v) is 9.91. The fourth-order valence-corrected chi connectivity index (χ4v) is 3.19. The molecule has 0 aromatic rings. The SMILES string of the molecule is CCC1CC1NCCC1CSCCN1. The van der Waals surface area contributed by atoms with Gasteiger partial charge in [0.25, 0.3) is 0 Å². The molecule has 2 nitrogen and oxygen atoms in total. The van der Waals surface area contributed by atoms with Crippen molar-refractivity contribution in [2.45, 2.75) is 38.3 Å². The number of nitrogens with one attached hydrogen (secondary N) is 2. The summed E-state index contributed by atoms with van der Waals surface area (Å²) in [5.74, 6) is 3.59. The number of thioether (sulfide) groups is 1. The molecular weight excluding hydrogens is 192 g/mol. The topological polar surface area (TPSA) is 24.1 Å². The Morgan fingerprint density at radius 3 is 3.07 bits per heavy atom. The normalized spacial score (nSPS) is 37.1. The lowest BCUT2D eigenvalue weighted by molar-refractivity contribution is 0.495. The molecule has 3 heteroatoms. The van der Waals surface area contributed by atoms with Gasteiger partial charge in [-0.3, -0.25) is 0 Å². The molecule has 3 unspecified atom stereocenters. The summed E-state index contributed by atoms with van der Waals surface area (Å²) >= 11 is 2.09. The van der Waals surface area contributed by atoms with Crippen molar-refractivity contribution >= 4 is 11.8 Å². The highest BCUT2D eigenvalue weighted by Crippen LogP contribution is 2.32. The molecule has 0 spiro atoms. The van der Waals surface area contributed by atoms with Crippen LogP contribution in [0.1, 0.15) is 26.2 Å². The monoisotopic (exact) mass is 214 g/mol. The van der Waals surface area contributed by atoms with Gasteiger partial charge >= 0.3 is 0 Å². The van der Waals surface area contributed by atoms with Crippen LogP contribution in [-0.4, -0.2) is 36.7 Å². The van der Waals surface area contributed by atoms with Gasteiger partial charge in [0.05, 0.1) is 0 Å². The second-order valence-electron chi connectivity index (χ2n) is 4.48. The predicted molar refractivity (Wildman–Crippen MR) is 63.9 cm³/mol. The summed E-state index contributed by atoms with van der Waals surface area (Å²) in [6, 6.07) is 1.62. The molecule has 0 aromatic carbocycles. The van der Waals surface area contributed by atoms with Crippen molar-refractivity contribution in [1.82, 2.24) is 10.6 Å². The standard InChI is InChI=1S/C11H22N2S/c1-2-9-7-11(9)13-4-3-10-8-14-6-5-12-10/h9-13H,2-8H2,1H3. The van der Waals surface area contributed by atoms with Crippen LogP contribution in [0.3, 0.4) is 0 Å². The summed E-state index contributed by atoms with van der Waals surface area (Å²) < 4.78 is 0. The quantitative estimate of drug-likeness (QED) is 0.725. The molecule has 1 heterocycles. The largest absolute Gasteiger partial charge is 0.314 e. The molecule has 2 aliphatic rings. The number of hydrogen-bond donors (Lipinski definition) is 2. The molecule has 1 saturated heterocycles. The first-order valence-electron chi connectivity index (χ1n) is 5.94. The van der Waals surface area contributed by atoms with Gasteiger partial charge in [-0.05, 0) is 25.3 Å². The van der Waals surface area contributed by atoms with Gasteiger partial charge in [-0.1, -0.05) is 13.3 Å². The van der Waals surface area contributed by atoms with E-state index in [1.54, 1.807) is 0 Å². The molecule has 1 saturated carbocycles. The molecular formula is C11H22N2S. The Morgan fingerprint density at radius 1 is 1.50 bits per heavy atom. The first-order valence-corrected chi connectivity index (χ1v) is 7.10. The van der Waals surface area contributed by atoms with E-state index in [4.69, 9.17) is 0 Å². The molecule has 0 amide bonds. The minimum Gasteiger partial charge on any atom is -0.314 e. The van der Waals surface area contributed by atoms with E-state index in [2.05, 4.69) is 29.3 Å². The van der Waals surface area contributed by atoms with E-state index >= 15 is 0 Å². The summed E-state index contributed by atoms with van der Waals surface area (Å²) in [6.07, 6.45) is 4.08. The average molecular weight is 214 g/mol. The van der Waals surface area contributed by atoms with Crippen LogP contribution < -0.4 is 10.6 Å². The van der Waals surface area contributed by atoms with E-state index in [0.717, 1.165) is 18.0 Å². The highest BCUT2D eigenvalue weighted by atomic mass is 32.2. The van der Waals surface area contributed by atoms with Gasteiger partial charge < -0.3 is 10.6 Å². The molecule has 0 bridgehead atoms. The molecule has 0 radical (unpaired) electrons. The summed E-state index contributed by atoms with van der Waals surface area (Å²) in [5.41, 5.74) is 0. The third kappa shape index (κ3) is 3.14. The van der Waals surface area contributed by atoms with E-state index in [-0.39, 0.29) is 0 Å². The second-order valence-corrected chi connectivity index (χ2v) is 5.63. The Balaban J connectivity index is 1.50. The van der Waals surface area contributed by atoms with Gasteiger partial charge in [0.2, 0.25) is 0 Å². The van der Waals surface area contributed by atoms with E-state index in [0.29, 0.717) is 0 Å². The highest BCUT2D eigenvalue weighted by Gasteiger charge is 2.34. The lowest BCUT2D eigenvalue weighted by Gasteiger charge is -2.23. The number of rotatable bonds is 5. The van der Waals surface area contributed by atoms with Crippen molar-refractivity contribution < 1.29 is 0 Å². The zero-order chi connectivity index (χ0) is 9.80. The smallest absolute Gasteiger partial charge is 0.0170 e. The Kier molecular flexibility index (Phi) is 4.14. The highest BCUT2D eigenvalue weighted by molar-refractivity contribution is 7.99. The van der Waals surface area contributed by atoms with Crippen molar-refractivity contribution in [3.05, 3.63) is 0 Å². The third-order valence-corrected chi connectivity index (χ3v) is 4.48. The van der Waals surface area contributed by atoms with Crippen molar-refractivity contribution in [3.63, 3.8) is 0 Å². The van der Waals surface area contributed by atoms with Crippen LogP contribution in [0, 0.1) is 5.92 Å². The van der Waals surface area contributed by atoms with Crippen molar-refractivity contribution in [1.29, 1.82) is 0 Å². The third-order valence-electron chi connectivity index (χ3n) is 3.34. The van der Waals surface area contributed by atoms with Crippen LogP contribution in [0.5, 0.6) is 0 Å². The first-order chi connectivity index (χ1) is 6.90. The van der Waals surface area contributed by atoms with Crippen LogP contribution in [0.25, 0.3) is 0 Å². The summed E-state index contributed by atoms with van der Waals surface area (Å²) in [6.45, 7) is 4.71. The summed E-state index contributed by atoms with van der Waals surface area (Å²) in [7, 11) is 0. The molecule has 2 rings (SSSR count). The van der Waals surface area contributed by atoms with Crippen LogP contribution in [0.2, 0.25) is 0 Å². The predicted octanol–water partition coefficient (Wildman–Crippen LogP) is 1.47. The Labute approximate surface area is 91.6 Å². The molecule has 1 aliphatic carbocycles. The molecule has 1 aliphatic heterocycles. The van der Waals surface area contributed by atoms with Gasteiger partial charge in [-0.15, -0.1) is 0 Å². The molecule has 14 heavy (non-hydrogen) atoms. The van der Waals surface area contributed by atoms with Crippen LogP contribution in [-0.2, 0) is 0 Å². The Bertz CT molecular complexity index is 169. The van der Waals surface area contributed by atoms with Crippen LogP contribution in [0.15, 0.2) is 0 Å². The second kappa shape index (κ2) is 5.38. The maximum atomic E-state index is 3.66. The average Bonchev–Trinajstić information content (AvgIpc) is 2.98. The molecule has 3 atom stereocenters. The molecule has 0 aromatic heterocycles. The van der Waals surface area contributed by atoms with Crippen molar-refractivity contribution in [2.75, 3.05) is 24.6 Å². The first kappa shape index (κ1) is 10.8. The van der Waals surface area contributed by atoms with Crippen molar-refractivity contribution in [2.24, 2.45) is 5.92 Å². The fourth-order valence-electron chi connectivity index (χ4n) is 2.20. The Morgan fingerprint density at radius 2 is 2.43 bits per heavy atom. The fraction of sp³-hybridized carbons (Fsp3) is 1.00. The lowest BCUT2D eigenvalue weighted by Crippen LogP contribution is -2.39. The maximum Gasteiger partial charge on any atom is 0.0170 e. The van der Waals surface area contributed by atoms with E-state index in [1.165, 1.54) is 43.9 Å². The Hall–Kier alpha value is 0.270. The molecule has 2 N–H and O–H groups in total. The van der Waals surface area contributed by atoms with Gasteiger partial charge in [0.1, 0.15) is 0 Å². The zero-order valence-electron chi connectivity index (χ0n) is 9.09. The number of hydrogen-bond acceptors (Lipinski definition) is 3. The van der Waals surface area contributed by atoms with E-state index in [9.17, 15) is 0 Å². The van der Waals surface area contributed by atoms with Gasteiger partial charge in [0, 0.05) is 30.1 Å². The molecule has 2 fully saturated rings. The van der Waals surface area contributed by atoms with Gasteiger partial charge in [0.15, 0.2) is 0 Å². The lowest BCUT2D eigenvalue weighted by atomic mass is 10.2. The van der Waals surface area contributed by atoms with Gasteiger partial charge in [-0.25, -0.2) is 0 Å². The molecule has 82 valence electrons. The van der Waals surface area contributed by atoms with E-state index < -0.39 is 0 Å². The minimum atomic E-state index is 0.764.